The van der Waals surface area contributed by atoms with E-state index in [2.05, 4.69) is 5.10 Å². The second-order valence-electron chi connectivity index (χ2n) is 6.48. The number of pyridine rings is 1. The lowest BCUT2D eigenvalue weighted by atomic mass is 9.77. The summed E-state index contributed by atoms with van der Waals surface area (Å²) in [5, 5.41) is 4.50. The summed E-state index contributed by atoms with van der Waals surface area (Å²) in [4.78, 5) is 0. The Kier molecular flexibility index (Phi) is 3.15. The van der Waals surface area contributed by atoms with Crippen molar-refractivity contribution in [1.82, 2.24) is 9.61 Å². The number of fused-ring (bicyclic) bond motifs is 1. The van der Waals surface area contributed by atoms with Crippen LogP contribution in [0.4, 0.5) is 4.39 Å². The van der Waals surface area contributed by atoms with Crippen LogP contribution in [0.25, 0.3) is 5.52 Å². The van der Waals surface area contributed by atoms with Gasteiger partial charge < -0.3 is 9.31 Å². The van der Waals surface area contributed by atoms with Gasteiger partial charge in [0.05, 0.1) is 22.4 Å². The Labute approximate surface area is 124 Å². The van der Waals surface area contributed by atoms with E-state index in [0.29, 0.717) is 5.52 Å². The molecule has 0 aliphatic carbocycles. The second kappa shape index (κ2) is 4.55. The average molecular weight is 290 g/mol. The van der Waals surface area contributed by atoms with Crippen molar-refractivity contribution in [1.29, 1.82) is 0 Å². The maximum atomic E-state index is 13.6. The van der Waals surface area contributed by atoms with Crippen molar-refractivity contribution in [2.24, 2.45) is 0 Å². The van der Waals surface area contributed by atoms with Crippen molar-refractivity contribution in [2.75, 3.05) is 0 Å². The fraction of sp³-hybridized carbons (Fsp3) is 0.533. The van der Waals surface area contributed by atoms with Crippen LogP contribution in [0.15, 0.2) is 18.3 Å². The molecule has 0 amide bonds. The summed E-state index contributed by atoms with van der Waals surface area (Å²) < 4.78 is 27.5. The van der Waals surface area contributed by atoms with Gasteiger partial charge in [0, 0.05) is 11.7 Å². The summed E-state index contributed by atoms with van der Waals surface area (Å²) in [6.07, 6.45) is 2.36. The van der Waals surface area contributed by atoms with Crippen molar-refractivity contribution in [2.45, 2.75) is 52.2 Å². The molecule has 6 heteroatoms. The molecule has 2 aromatic heterocycles. The number of nitrogens with zero attached hydrogens (tertiary/aromatic N) is 2. The minimum atomic E-state index is -0.524. The molecule has 0 radical (unpaired) electrons. The zero-order valence-corrected chi connectivity index (χ0v) is 13.1. The first-order valence-corrected chi connectivity index (χ1v) is 7.27. The van der Waals surface area contributed by atoms with Gasteiger partial charge in [0.2, 0.25) is 0 Å². The van der Waals surface area contributed by atoms with E-state index in [4.69, 9.17) is 9.31 Å². The van der Waals surface area contributed by atoms with Crippen molar-refractivity contribution in [3.05, 3.63) is 29.8 Å². The van der Waals surface area contributed by atoms with Gasteiger partial charge in [0.25, 0.3) is 0 Å². The Morgan fingerprint density at radius 1 is 1.24 bits per heavy atom. The Morgan fingerprint density at radius 2 is 1.86 bits per heavy atom. The highest BCUT2D eigenvalue weighted by Gasteiger charge is 2.53. The van der Waals surface area contributed by atoms with Crippen LogP contribution < -0.4 is 5.46 Å². The molecule has 1 fully saturated rings. The third-order valence-corrected chi connectivity index (χ3v) is 4.54. The van der Waals surface area contributed by atoms with E-state index in [1.54, 1.807) is 10.7 Å². The molecule has 1 saturated heterocycles. The molecule has 1 aliphatic heterocycles. The number of hydrogen-bond acceptors (Lipinski definition) is 3. The molecule has 0 saturated carbocycles. The number of aryl methyl sites for hydroxylation is 1. The first kappa shape index (κ1) is 14.5. The molecule has 3 heterocycles. The predicted molar refractivity (Wildman–Crippen MR) is 80.2 cm³/mol. The van der Waals surface area contributed by atoms with Crippen LogP contribution in [-0.4, -0.2) is 27.9 Å². The maximum absolute atomic E-state index is 13.6. The number of halogens is 1. The van der Waals surface area contributed by atoms with Crippen LogP contribution in [0.2, 0.25) is 0 Å². The normalized spacial score (nSPS) is 20.4. The summed E-state index contributed by atoms with van der Waals surface area (Å²) in [5.41, 5.74) is 1.55. The quantitative estimate of drug-likeness (QED) is 0.796. The Bertz CT molecular complexity index is 680. The van der Waals surface area contributed by atoms with E-state index in [-0.39, 0.29) is 5.82 Å². The smallest absolute Gasteiger partial charge is 0.399 e. The van der Waals surface area contributed by atoms with Crippen molar-refractivity contribution in [3.63, 3.8) is 0 Å². The Balaban J connectivity index is 2.14. The third kappa shape index (κ3) is 2.17. The molecule has 3 rings (SSSR count). The van der Waals surface area contributed by atoms with Crippen LogP contribution >= 0.6 is 0 Å². The van der Waals surface area contributed by atoms with Gasteiger partial charge in [-0.15, -0.1) is 0 Å². The minimum absolute atomic E-state index is 0.289. The molecular formula is C15H20BFN2O2. The molecular weight excluding hydrogens is 270 g/mol. The first-order valence-electron chi connectivity index (χ1n) is 7.27. The number of hydrogen-bond donors (Lipinski definition) is 0. The molecule has 0 spiro atoms. The molecule has 21 heavy (non-hydrogen) atoms. The van der Waals surface area contributed by atoms with Crippen LogP contribution in [0.3, 0.4) is 0 Å². The topological polar surface area (TPSA) is 35.8 Å². The van der Waals surface area contributed by atoms with E-state index in [1.165, 1.54) is 12.1 Å². The van der Waals surface area contributed by atoms with E-state index < -0.39 is 18.3 Å². The van der Waals surface area contributed by atoms with E-state index in [1.807, 2.05) is 34.6 Å². The molecule has 4 nitrogen and oxygen atoms in total. The van der Waals surface area contributed by atoms with Gasteiger partial charge in [0.15, 0.2) is 0 Å². The molecule has 0 unspecified atom stereocenters. The fourth-order valence-electron chi connectivity index (χ4n) is 2.57. The maximum Gasteiger partial charge on any atom is 0.499 e. The Hall–Kier alpha value is -1.40. The van der Waals surface area contributed by atoms with Crippen LogP contribution in [0.5, 0.6) is 0 Å². The molecule has 112 valence electrons. The second-order valence-corrected chi connectivity index (χ2v) is 6.48. The predicted octanol–water partition coefficient (Wildman–Crippen LogP) is 2.33. The lowest BCUT2D eigenvalue weighted by Gasteiger charge is -2.32. The molecule has 1 aliphatic rings. The van der Waals surface area contributed by atoms with E-state index in [9.17, 15) is 4.39 Å². The standard InChI is InChI=1S/C15H20BFN2O2/c1-6-11-13(12-9-10(17)7-8-19(12)18-11)16-20-14(2,3)15(4,5)21-16/h7-9H,6H2,1-5H3. The lowest BCUT2D eigenvalue weighted by Crippen LogP contribution is -2.41. The zero-order valence-electron chi connectivity index (χ0n) is 13.1. The SMILES string of the molecule is CCc1nn2ccc(F)cc2c1B1OC(C)(C)C(C)(C)O1. The van der Waals surface area contributed by atoms with Gasteiger partial charge in [-0.3, -0.25) is 0 Å². The first-order chi connectivity index (χ1) is 9.75. The fourth-order valence-corrected chi connectivity index (χ4v) is 2.57. The molecule has 0 N–H and O–H groups in total. The molecule has 0 bridgehead atoms. The summed E-state index contributed by atoms with van der Waals surface area (Å²) in [7, 11) is -0.524. The van der Waals surface area contributed by atoms with Crippen LogP contribution in [-0.2, 0) is 15.7 Å². The average Bonchev–Trinajstić information content (AvgIpc) is 2.83. The van der Waals surface area contributed by atoms with Crippen LogP contribution in [0, 0.1) is 5.82 Å². The van der Waals surface area contributed by atoms with Crippen molar-refractivity contribution < 1.29 is 13.7 Å². The zero-order chi connectivity index (χ0) is 15.4. The number of aromatic nitrogens is 2. The monoisotopic (exact) mass is 290 g/mol. The van der Waals surface area contributed by atoms with Gasteiger partial charge in [-0.2, -0.15) is 5.10 Å². The third-order valence-electron chi connectivity index (χ3n) is 4.54. The van der Waals surface area contributed by atoms with Gasteiger partial charge in [-0.25, -0.2) is 8.91 Å². The minimum Gasteiger partial charge on any atom is -0.399 e. The molecule has 0 atom stereocenters. The summed E-state index contributed by atoms with van der Waals surface area (Å²) in [5.74, 6) is -0.289. The van der Waals surface area contributed by atoms with Gasteiger partial charge in [0.1, 0.15) is 5.82 Å². The van der Waals surface area contributed by atoms with E-state index >= 15 is 0 Å². The molecule has 0 aromatic carbocycles. The highest BCUT2D eigenvalue weighted by molar-refractivity contribution is 6.65. The lowest BCUT2D eigenvalue weighted by molar-refractivity contribution is 0.00578. The summed E-state index contributed by atoms with van der Waals surface area (Å²) in [6, 6.07) is 2.87. The Morgan fingerprint density at radius 3 is 2.43 bits per heavy atom. The van der Waals surface area contributed by atoms with Crippen LogP contribution in [0.1, 0.15) is 40.3 Å². The van der Waals surface area contributed by atoms with Gasteiger partial charge in [-0.1, -0.05) is 6.92 Å². The van der Waals surface area contributed by atoms with E-state index in [0.717, 1.165) is 17.6 Å². The summed E-state index contributed by atoms with van der Waals surface area (Å²) >= 11 is 0. The largest absolute Gasteiger partial charge is 0.499 e. The van der Waals surface area contributed by atoms with Gasteiger partial charge in [-0.05, 0) is 46.2 Å². The van der Waals surface area contributed by atoms with Crippen molar-refractivity contribution in [3.8, 4) is 0 Å². The highest BCUT2D eigenvalue weighted by Crippen LogP contribution is 2.37. The van der Waals surface area contributed by atoms with Gasteiger partial charge >= 0.3 is 7.12 Å². The van der Waals surface area contributed by atoms with Crippen molar-refractivity contribution >= 4 is 18.1 Å². The summed E-state index contributed by atoms with van der Waals surface area (Å²) in [6.45, 7) is 10.0. The highest BCUT2D eigenvalue weighted by atomic mass is 19.1. The molecule has 2 aromatic rings. The number of rotatable bonds is 2.